The Morgan fingerprint density at radius 3 is 2.40 bits per heavy atom. The van der Waals surface area contributed by atoms with E-state index in [-0.39, 0.29) is 0 Å². The summed E-state index contributed by atoms with van der Waals surface area (Å²) in [5.41, 5.74) is 2.82. The highest BCUT2D eigenvalue weighted by Gasteiger charge is 2.07. The molecule has 0 aliphatic carbocycles. The second-order valence-electron chi connectivity index (χ2n) is 4.35. The van der Waals surface area contributed by atoms with E-state index in [0.29, 0.717) is 0 Å². The molecule has 0 N–H and O–H groups in total. The first-order chi connectivity index (χ1) is 7.26. The van der Waals surface area contributed by atoms with Gasteiger partial charge in [0.05, 0.1) is 0 Å². The van der Waals surface area contributed by atoms with E-state index in [2.05, 4.69) is 54.0 Å². The first-order valence-electron chi connectivity index (χ1n) is 5.87. The average Bonchev–Trinajstić information content (AvgIpc) is 2.27. The lowest BCUT2D eigenvalue weighted by Gasteiger charge is -2.13. The third-order valence-corrected chi connectivity index (χ3v) is 3.74. The minimum Gasteiger partial charge on any atom is -0.0925 e. The topological polar surface area (TPSA) is 0 Å². The molecule has 0 aromatic heterocycles. The summed E-state index contributed by atoms with van der Waals surface area (Å²) in [5, 5.41) is 1.13. The third kappa shape index (κ3) is 4.83. The van der Waals surface area contributed by atoms with Gasteiger partial charge in [0.15, 0.2) is 0 Å². The Labute approximate surface area is 102 Å². The molecule has 1 heteroatoms. The van der Waals surface area contributed by atoms with Crippen LogP contribution < -0.4 is 0 Å². The Morgan fingerprint density at radius 2 is 1.87 bits per heavy atom. The molecule has 1 unspecified atom stereocenters. The van der Waals surface area contributed by atoms with Crippen LogP contribution in [0.15, 0.2) is 24.3 Å². The minimum atomic E-state index is 0.799. The average molecular weight is 269 g/mol. The van der Waals surface area contributed by atoms with Crippen molar-refractivity contribution in [1.82, 2.24) is 0 Å². The summed E-state index contributed by atoms with van der Waals surface area (Å²) in [6.45, 7) is 4.40. The fourth-order valence-electron chi connectivity index (χ4n) is 1.78. The smallest absolute Gasteiger partial charge is 0.00628 e. The molecule has 0 saturated heterocycles. The van der Waals surface area contributed by atoms with Crippen molar-refractivity contribution >= 4 is 15.9 Å². The second kappa shape index (κ2) is 7.05. The number of hydrogen-bond donors (Lipinski definition) is 0. The molecule has 0 heterocycles. The van der Waals surface area contributed by atoms with Crippen molar-refractivity contribution in [3.05, 3.63) is 35.4 Å². The van der Waals surface area contributed by atoms with Crippen LogP contribution in [0.1, 0.15) is 37.3 Å². The number of rotatable bonds is 6. The maximum absolute atomic E-state index is 3.62. The van der Waals surface area contributed by atoms with Crippen LogP contribution in [0.25, 0.3) is 0 Å². The van der Waals surface area contributed by atoms with Gasteiger partial charge in [0, 0.05) is 5.33 Å². The van der Waals surface area contributed by atoms with Crippen molar-refractivity contribution in [3.63, 3.8) is 0 Å². The lowest BCUT2D eigenvalue weighted by molar-refractivity contribution is 0.514. The molecule has 0 nitrogen and oxygen atoms in total. The summed E-state index contributed by atoms with van der Waals surface area (Å²) in [4.78, 5) is 0. The molecule has 1 aromatic carbocycles. The number of aryl methyl sites for hydroxylation is 1. The molecular formula is C14H21Br. The maximum Gasteiger partial charge on any atom is 0.00628 e. The zero-order chi connectivity index (χ0) is 11.1. The van der Waals surface area contributed by atoms with E-state index in [4.69, 9.17) is 0 Å². The van der Waals surface area contributed by atoms with E-state index in [1.807, 2.05) is 0 Å². The number of benzene rings is 1. The van der Waals surface area contributed by atoms with E-state index in [0.717, 1.165) is 11.2 Å². The first kappa shape index (κ1) is 12.8. The molecule has 0 bridgehead atoms. The van der Waals surface area contributed by atoms with Gasteiger partial charge in [0.1, 0.15) is 0 Å². The zero-order valence-electron chi connectivity index (χ0n) is 9.80. The van der Waals surface area contributed by atoms with Gasteiger partial charge in [0.25, 0.3) is 0 Å². The Morgan fingerprint density at radius 1 is 1.20 bits per heavy atom. The van der Waals surface area contributed by atoms with Gasteiger partial charge in [-0.05, 0) is 31.2 Å². The van der Waals surface area contributed by atoms with Crippen molar-refractivity contribution in [2.75, 3.05) is 5.33 Å². The number of unbranched alkanes of at least 4 members (excludes halogenated alkanes) is 1. The van der Waals surface area contributed by atoms with Gasteiger partial charge in [-0.25, -0.2) is 0 Å². The van der Waals surface area contributed by atoms with E-state index in [1.165, 1.54) is 36.8 Å². The second-order valence-corrected chi connectivity index (χ2v) is 5.00. The van der Waals surface area contributed by atoms with Crippen molar-refractivity contribution in [2.45, 2.75) is 39.5 Å². The van der Waals surface area contributed by atoms with Gasteiger partial charge < -0.3 is 0 Å². The zero-order valence-corrected chi connectivity index (χ0v) is 11.4. The highest BCUT2D eigenvalue weighted by Crippen LogP contribution is 2.17. The van der Waals surface area contributed by atoms with E-state index >= 15 is 0 Å². The Hall–Kier alpha value is -0.300. The van der Waals surface area contributed by atoms with Gasteiger partial charge in [-0.15, -0.1) is 0 Å². The summed E-state index contributed by atoms with van der Waals surface area (Å²) in [5.74, 6) is 0.799. The molecule has 1 atom stereocenters. The quantitative estimate of drug-likeness (QED) is 0.654. The van der Waals surface area contributed by atoms with Gasteiger partial charge >= 0.3 is 0 Å². The molecule has 0 spiro atoms. The van der Waals surface area contributed by atoms with Crippen molar-refractivity contribution < 1.29 is 0 Å². The first-order valence-corrected chi connectivity index (χ1v) is 7.00. The minimum absolute atomic E-state index is 0.799. The lowest BCUT2D eigenvalue weighted by atomic mass is 9.95. The van der Waals surface area contributed by atoms with Gasteiger partial charge in [-0.3, -0.25) is 0 Å². The molecule has 0 saturated carbocycles. The molecule has 0 fully saturated rings. The summed E-state index contributed by atoms with van der Waals surface area (Å²) < 4.78 is 0. The van der Waals surface area contributed by atoms with Crippen molar-refractivity contribution in [3.8, 4) is 0 Å². The molecule has 84 valence electrons. The molecule has 0 radical (unpaired) electrons. The summed E-state index contributed by atoms with van der Waals surface area (Å²) in [6.07, 6.45) is 5.21. The highest BCUT2D eigenvalue weighted by molar-refractivity contribution is 9.09. The van der Waals surface area contributed by atoms with Crippen LogP contribution in [0, 0.1) is 12.8 Å². The standard InChI is InChI=1S/C14H21Br/c1-3-4-5-14(11-15)10-13-8-6-12(2)7-9-13/h6-9,14H,3-5,10-11H2,1-2H3. The van der Waals surface area contributed by atoms with Crippen LogP contribution >= 0.6 is 15.9 Å². The molecule has 15 heavy (non-hydrogen) atoms. The van der Waals surface area contributed by atoms with Crippen LogP contribution in [0.5, 0.6) is 0 Å². The largest absolute Gasteiger partial charge is 0.0925 e. The maximum atomic E-state index is 3.62. The summed E-state index contributed by atoms with van der Waals surface area (Å²) in [7, 11) is 0. The highest BCUT2D eigenvalue weighted by atomic mass is 79.9. The summed E-state index contributed by atoms with van der Waals surface area (Å²) >= 11 is 3.62. The monoisotopic (exact) mass is 268 g/mol. The fourth-order valence-corrected chi connectivity index (χ4v) is 2.34. The fraction of sp³-hybridized carbons (Fsp3) is 0.571. The number of hydrogen-bond acceptors (Lipinski definition) is 0. The van der Waals surface area contributed by atoms with Crippen molar-refractivity contribution in [1.29, 1.82) is 0 Å². The molecule has 1 aromatic rings. The number of alkyl halides is 1. The third-order valence-electron chi connectivity index (χ3n) is 2.83. The van der Waals surface area contributed by atoms with Crippen LogP contribution in [0.4, 0.5) is 0 Å². The molecular weight excluding hydrogens is 248 g/mol. The van der Waals surface area contributed by atoms with E-state index in [1.54, 1.807) is 0 Å². The Balaban J connectivity index is 2.47. The summed E-state index contributed by atoms with van der Waals surface area (Å²) in [6, 6.07) is 8.94. The normalized spacial score (nSPS) is 12.7. The predicted octanol–water partition coefficient (Wildman–Crippen LogP) is 4.74. The van der Waals surface area contributed by atoms with E-state index in [9.17, 15) is 0 Å². The number of halogens is 1. The molecule has 0 aliphatic heterocycles. The van der Waals surface area contributed by atoms with E-state index < -0.39 is 0 Å². The van der Waals surface area contributed by atoms with Crippen LogP contribution in [0.3, 0.4) is 0 Å². The lowest BCUT2D eigenvalue weighted by Crippen LogP contribution is -2.06. The van der Waals surface area contributed by atoms with Gasteiger partial charge in [-0.1, -0.05) is 65.5 Å². The molecule has 0 aliphatic rings. The molecule has 1 rings (SSSR count). The van der Waals surface area contributed by atoms with Crippen LogP contribution in [-0.4, -0.2) is 5.33 Å². The van der Waals surface area contributed by atoms with Gasteiger partial charge in [-0.2, -0.15) is 0 Å². The predicted molar refractivity (Wildman–Crippen MR) is 71.7 cm³/mol. The Kier molecular flexibility index (Phi) is 6.00. The molecule has 0 amide bonds. The Bertz CT molecular complexity index is 263. The van der Waals surface area contributed by atoms with Crippen molar-refractivity contribution in [2.24, 2.45) is 5.92 Å². The van der Waals surface area contributed by atoms with Gasteiger partial charge in [0.2, 0.25) is 0 Å². The SMILES string of the molecule is CCCCC(CBr)Cc1ccc(C)cc1. The van der Waals surface area contributed by atoms with Crippen LogP contribution in [-0.2, 0) is 6.42 Å². The van der Waals surface area contributed by atoms with Crippen LogP contribution in [0.2, 0.25) is 0 Å².